The molecule has 3 aliphatic heterocycles. The van der Waals surface area contributed by atoms with Crippen molar-refractivity contribution in [1.82, 2.24) is 20.3 Å². The van der Waals surface area contributed by atoms with Crippen LogP contribution in [0, 0.1) is 23.7 Å². The molecule has 1 aromatic heterocycles. The minimum absolute atomic E-state index is 0.0905. The predicted octanol–water partition coefficient (Wildman–Crippen LogP) is 3.39. The lowest BCUT2D eigenvalue weighted by molar-refractivity contribution is -0.159. The molecule has 4 atom stereocenters. The van der Waals surface area contributed by atoms with Crippen LogP contribution in [0.4, 0.5) is 37.7 Å². The van der Waals surface area contributed by atoms with Crippen LogP contribution in [-0.2, 0) is 6.18 Å². The molecule has 2 unspecified atom stereocenters. The Hall–Kier alpha value is -3.75. The Balaban J connectivity index is 1.12. The van der Waals surface area contributed by atoms with E-state index < -0.39 is 42.0 Å². The number of anilines is 2. The van der Waals surface area contributed by atoms with E-state index in [9.17, 15) is 35.9 Å². The molecule has 4 aliphatic rings. The number of alkyl halides is 6. The van der Waals surface area contributed by atoms with Gasteiger partial charge in [0.15, 0.2) is 6.61 Å². The van der Waals surface area contributed by atoms with Crippen molar-refractivity contribution in [2.45, 2.75) is 12.4 Å². The molecule has 1 saturated carbocycles. The van der Waals surface area contributed by atoms with Crippen molar-refractivity contribution in [1.29, 1.82) is 0 Å². The smallest absolute Gasteiger partial charge is 0.422 e. The summed E-state index contributed by atoms with van der Waals surface area (Å²) in [4.78, 5) is 33.0. The van der Waals surface area contributed by atoms with Crippen molar-refractivity contribution in [3.63, 3.8) is 0 Å². The highest BCUT2D eigenvalue weighted by atomic mass is 19.4. The maximum absolute atomic E-state index is 13.3. The zero-order valence-electron chi connectivity index (χ0n) is 20.1. The quantitative estimate of drug-likeness (QED) is 0.497. The first-order valence-electron chi connectivity index (χ1n) is 12.2. The number of carbonyl (C=O) groups is 2. The van der Waals surface area contributed by atoms with Gasteiger partial charge in [-0.1, -0.05) is 0 Å². The second-order valence-corrected chi connectivity index (χ2v) is 10.2. The third kappa shape index (κ3) is 4.57. The van der Waals surface area contributed by atoms with Gasteiger partial charge in [-0.2, -0.15) is 26.3 Å². The first kappa shape index (κ1) is 25.5. The van der Waals surface area contributed by atoms with Gasteiger partial charge in [0, 0.05) is 31.7 Å². The SMILES string of the molecule is O=C(c1ccc2c(c1)NNN2)N1C[C@@H]2C3CN(C(=O)c4ccc(C(F)(F)F)c(OCC(F)(F)F)n4)CC3[C@@H]2C1. The number of hydrogen-bond donors (Lipinski definition) is 3. The van der Waals surface area contributed by atoms with Gasteiger partial charge < -0.3 is 25.4 Å². The van der Waals surface area contributed by atoms with Gasteiger partial charge in [-0.3, -0.25) is 9.59 Å². The summed E-state index contributed by atoms with van der Waals surface area (Å²) in [6.07, 6.45) is -9.88. The number of fused-ring (bicyclic) bond motifs is 5. The normalized spacial score (nSPS) is 25.3. The summed E-state index contributed by atoms with van der Waals surface area (Å²) < 4.78 is 81.8. The zero-order chi connectivity index (χ0) is 27.7. The van der Waals surface area contributed by atoms with Crippen molar-refractivity contribution in [3.05, 3.63) is 47.2 Å². The number of aromatic nitrogens is 1. The fourth-order valence-electron chi connectivity index (χ4n) is 6.14. The molecular weight excluding hydrogens is 534 g/mol. The summed E-state index contributed by atoms with van der Waals surface area (Å²) in [6, 6.07) is 6.66. The molecule has 0 radical (unpaired) electrons. The zero-order valence-corrected chi connectivity index (χ0v) is 20.1. The molecule has 1 aliphatic carbocycles. The first-order valence-corrected chi connectivity index (χ1v) is 12.2. The molecular formula is C24H22F6N6O3. The van der Waals surface area contributed by atoms with E-state index >= 15 is 0 Å². The molecule has 6 rings (SSSR count). The number of likely N-dealkylation sites (tertiary alicyclic amines) is 2. The lowest BCUT2D eigenvalue weighted by atomic mass is 9.60. The number of ether oxygens (including phenoxy) is 1. The van der Waals surface area contributed by atoms with Crippen LogP contribution in [0.3, 0.4) is 0 Å². The third-order valence-electron chi connectivity index (χ3n) is 7.92. The number of pyridine rings is 1. The van der Waals surface area contributed by atoms with Gasteiger partial charge in [0.1, 0.15) is 11.3 Å². The van der Waals surface area contributed by atoms with Gasteiger partial charge in [0.05, 0.1) is 11.4 Å². The molecule has 3 N–H and O–H groups in total. The molecule has 3 fully saturated rings. The lowest BCUT2D eigenvalue weighted by Gasteiger charge is -2.42. The Bertz CT molecular complexity index is 1310. The molecule has 2 amide bonds. The molecule has 2 saturated heterocycles. The standard InChI is InChI=1S/C24H22F6N6O3/c25-23(26,27)10-39-20-16(24(28,29)30)2-4-18(31-20)22(38)36-8-14-12-6-35(7-13(12)15(14)9-36)21(37)11-1-3-17-19(5-11)33-34-32-17/h1-5,12-15,32-34H,6-10H2/t12-,13+,14?,15?. The first-order chi connectivity index (χ1) is 18.4. The maximum atomic E-state index is 13.3. The number of nitrogens with one attached hydrogen (secondary N) is 3. The van der Waals surface area contributed by atoms with E-state index in [2.05, 4.69) is 26.1 Å². The van der Waals surface area contributed by atoms with Crippen molar-refractivity contribution in [2.24, 2.45) is 23.7 Å². The minimum Gasteiger partial charge on any atom is -0.468 e. The van der Waals surface area contributed by atoms with Crippen LogP contribution in [0.2, 0.25) is 0 Å². The summed E-state index contributed by atoms with van der Waals surface area (Å²) in [6.45, 7) is -0.255. The number of hydrogen-bond acceptors (Lipinski definition) is 7. The molecule has 0 spiro atoms. The van der Waals surface area contributed by atoms with E-state index in [4.69, 9.17) is 0 Å². The summed E-state index contributed by atoms with van der Waals surface area (Å²) in [5.74, 6) is -1.46. The van der Waals surface area contributed by atoms with Gasteiger partial charge in [-0.25, -0.2) is 4.98 Å². The van der Waals surface area contributed by atoms with Crippen molar-refractivity contribution in [3.8, 4) is 5.88 Å². The highest BCUT2D eigenvalue weighted by molar-refractivity contribution is 5.97. The van der Waals surface area contributed by atoms with Crippen molar-refractivity contribution < 1.29 is 40.7 Å². The average Bonchev–Trinajstić information content (AvgIpc) is 3.59. The molecule has 1 aromatic carbocycles. The lowest BCUT2D eigenvalue weighted by Crippen LogP contribution is -2.44. The van der Waals surface area contributed by atoms with Crippen molar-refractivity contribution >= 4 is 23.2 Å². The van der Waals surface area contributed by atoms with Crippen LogP contribution in [0.1, 0.15) is 26.4 Å². The number of carbonyl (C=O) groups excluding carboxylic acids is 2. The van der Waals surface area contributed by atoms with E-state index in [1.807, 2.05) is 0 Å². The van der Waals surface area contributed by atoms with Crippen LogP contribution in [0.25, 0.3) is 0 Å². The highest BCUT2D eigenvalue weighted by Gasteiger charge is 2.59. The van der Waals surface area contributed by atoms with E-state index in [0.717, 1.165) is 17.4 Å². The number of halogens is 6. The second-order valence-electron chi connectivity index (χ2n) is 10.2. The summed E-state index contributed by atoms with van der Waals surface area (Å²) in [5.41, 5.74) is 8.82. The predicted molar refractivity (Wildman–Crippen MR) is 123 cm³/mol. The Labute approximate surface area is 217 Å². The Morgan fingerprint density at radius 1 is 0.846 bits per heavy atom. The van der Waals surface area contributed by atoms with E-state index in [1.54, 1.807) is 23.1 Å². The van der Waals surface area contributed by atoms with Gasteiger partial charge in [-0.05, 0) is 54.0 Å². The topological polar surface area (TPSA) is 98.8 Å². The van der Waals surface area contributed by atoms with Gasteiger partial charge in [0.2, 0.25) is 5.88 Å². The van der Waals surface area contributed by atoms with Crippen molar-refractivity contribution in [2.75, 3.05) is 43.6 Å². The van der Waals surface area contributed by atoms with Crippen LogP contribution < -0.4 is 21.1 Å². The molecule has 39 heavy (non-hydrogen) atoms. The molecule has 0 bridgehead atoms. The van der Waals surface area contributed by atoms with Gasteiger partial charge in [0.25, 0.3) is 11.8 Å². The third-order valence-corrected chi connectivity index (χ3v) is 7.92. The summed E-state index contributed by atoms with van der Waals surface area (Å²) in [7, 11) is 0. The molecule has 15 heteroatoms. The Morgan fingerprint density at radius 3 is 2.03 bits per heavy atom. The number of nitrogens with zero attached hydrogens (tertiary/aromatic N) is 3. The van der Waals surface area contributed by atoms with Crippen LogP contribution in [0.5, 0.6) is 5.88 Å². The monoisotopic (exact) mass is 556 g/mol. The largest absolute Gasteiger partial charge is 0.468 e. The van der Waals surface area contributed by atoms with Crippen LogP contribution in [-0.4, -0.2) is 65.6 Å². The molecule has 9 nitrogen and oxygen atoms in total. The number of rotatable bonds is 4. The van der Waals surface area contributed by atoms with Crippen LogP contribution >= 0.6 is 0 Å². The fourth-order valence-corrected chi connectivity index (χ4v) is 6.14. The highest BCUT2D eigenvalue weighted by Crippen LogP contribution is 2.54. The molecule has 2 aromatic rings. The number of hydrazine groups is 2. The Kier molecular flexibility index (Phi) is 5.82. The summed E-state index contributed by atoms with van der Waals surface area (Å²) in [5, 5.41) is 0. The maximum Gasteiger partial charge on any atom is 0.422 e. The number of benzene rings is 1. The minimum atomic E-state index is -5.01. The number of amides is 2. The van der Waals surface area contributed by atoms with E-state index in [-0.39, 0.29) is 29.6 Å². The fraction of sp³-hybridized carbons (Fsp3) is 0.458. The van der Waals surface area contributed by atoms with E-state index in [1.165, 1.54) is 4.90 Å². The Morgan fingerprint density at radius 2 is 1.44 bits per heavy atom. The van der Waals surface area contributed by atoms with Gasteiger partial charge in [-0.15, -0.1) is 5.53 Å². The molecule has 4 heterocycles. The van der Waals surface area contributed by atoms with Crippen LogP contribution in [0.15, 0.2) is 30.3 Å². The van der Waals surface area contributed by atoms with Gasteiger partial charge >= 0.3 is 12.4 Å². The molecule has 208 valence electrons. The second kappa shape index (κ2) is 8.89. The summed E-state index contributed by atoms with van der Waals surface area (Å²) >= 11 is 0. The average molecular weight is 556 g/mol. The van der Waals surface area contributed by atoms with E-state index in [0.29, 0.717) is 37.8 Å².